The standard InChI is InChI=1S/C26H28N4O4S/c1-34-26(31)20-7-3-8-22-24(20)21(17-28-22)18-10-14-30(15-11-18)16-13-29-35(32,33)23-9-2-5-19-6-4-12-27-25(19)23/h2-9,12,17-18,28-29H,10-11,13-16H2,1H3. The van der Waals surface area contributed by atoms with Crippen molar-refractivity contribution in [2.75, 3.05) is 33.3 Å². The van der Waals surface area contributed by atoms with Crippen LogP contribution in [0.2, 0.25) is 0 Å². The van der Waals surface area contributed by atoms with Crippen molar-refractivity contribution in [3.63, 3.8) is 0 Å². The van der Waals surface area contributed by atoms with E-state index in [0.717, 1.165) is 47.8 Å². The van der Waals surface area contributed by atoms with Crippen molar-refractivity contribution in [2.45, 2.75) is 23.7 Å². The second kappa shape index (κ2) is 9.77. The third kappa shape index (κ3) is 4.67. The lowest BCUT2D eigenvalue weighted by atomic mass is 9.88. The molecule has 1 aliphatic heterocycles. The highest BCUT2D eigenvalue weighted by Crippen LogP contribution is 2.35. The lowest BCUT2D eigenvalue weighted by molar-refractivity contribution is 0.0603. The number of benzene rings is 2. The number of para-hydroxylation sites is 1. The van der Waals surface area contributed by atoms with Crippen LogP contribution in [0.5, 0.6) is 0 Å². The van der Waals surface area contributed by atoms with Gasteiger partial charge in [0.1, 0.15) is 4.90 Å². The molecule has 5 rings (SSSR count). The van der Waals surface area contributed by atoms with E-state index in [0.29, 0.717) is 30.1 Å². The summed E-state index contributed by atoms with van der Waals surface area (Å²) in [5, 5.41) is 1.74. The number of sulfonamides is 1. The summed E-state index contributed by atoms with van der Waals surface area (Å²) in [5.74, 6) is -0.00757. The Morgan fingerprint density at radius 1 is 1.14 bits per heavy atom. The molecule has 2 N–H and O–H groups in total. The quantitative estimate of drug-likeness (QED) is 0.382. The molecule has 0 amide bonds. The minimum absolute atomic E-state index is 0.204. The number of piperidine rings is 1. The highest BCUT2D eigenvalue weighted by Gasteiger charge is 2.25. The molecule has 182 valence electrons. The summed E-state index contributed by atoms with van der Waals surface area (Å²) in [7, 11) is -2.26. The van der Waals surface area contributed by atoms with Crippen molar-refractivity contribution < 1.29 is 17.9 Å². The maximum absolute atomic E-state index is 12.9. The fourth-order valence-electron chi connectivity index (χ4n) is 4.99. The van der Waals surface area contributed by atoms with Gasteiger partial charge in [-0.3, -0.25) is 4.98 Å². The molecule has 1 aliphatic rings. The number of nitrogens with one attached hydrogen (secondary N) is 2. The number of H-pyrrole nitrogens is 1. The van der Waals surface area contributed by atoms with E-state index in [1.54, 1.807) is 30.5 Å². The minimum atomic E-state index is -3.66. The van der Waals surface area contributed by atoms with Crippen LogP contribution in [0.25, 0.3) is 21.8 Å². The Labute approximate surface area is 204 Å². The summed E-state index contributed by atoms with van der Waals surface area (Å²) >= 11 is 0. The van der Waals surface area contributed by atoms with Crippen LogP contribution in [0.4, 0.5) is 0 Å². The Hall–Kier alpha value is -3.27. The minimum Gasteiger partial charge on any atom is -0.465 e. The number of methoxy groups -OCH3 is 1. The van der Waals surface area contributed by atoms with Gasteiger partial charge in [0.05, 0.1) is 18.2 Å². The first-order valence-electron chi connectivity index (χ1n) is 11.7. The zero-order chi connectivity index (χ0) is 24.4. The van der Waals surface area contributed by atoms with Gasteiger partial charge in [0.2, 0.25) is 10.0 Å². The Bertz CT molecular complexity index is 1470. The van der Waals surface area contributed by atoms with Crippen LogP contribution >= 0.6 is 0 Å². The van der Waals surface area contributed by atoms with E-state index in [2.05, 4.69) is 19.6 Å². The van der Waals surface area contributed by atoms with Crippen molar-refractivity contribution >= 4 is 37.8 Å². The van der Waals surface area contributed by atoms with Gasteiger partial charge in [-0.2, -0.15) is 0 Å². The Kier molecular flexibility index (Phi) is 6.55. The number of fused-ring (bicyclic) bond motifs is 2. The molecule has 0 spiro atoms. The number of aromatic amines is 1. The van der Waals surface area contributed by atoms with E-state index < -0.39 is 10.0 Å². The van der Waals surface area contributed by atoms with E-state index in [4.69, 9.17) is 4.74 Å². The number of carbonyl (C=O) groups excluding carboxylic acids is 1. The highest BCUT2D eigenvalue weighted by atomic mass is 32.2. The molecule has 35 heavy (non-hydrogen) atoms. The maximum atomic E-state index is 12.9. The van der Waals surface area contributed by atoms with Crippen LogP contribution in [-0.4, -0.2) is 62.5 Å². The fourth-order valence-corrected chi connectivity index (χ4v) is 6.19. The molecule has 4 aromatic rings. The van der Waals surface area contributed by atoms with Crippen LogP contribution < -0.4 is 4.72 Å². The number of likely N-dealkylation sites (tertiary alicyclic amines) is 1. The molecule has 1 saturated heterocycles. The van der Waals surface area contributed by atoms with Gasteiger partial charge < -0.3 is 14.6 Å². The lowest BCUT2D eigenvalue weighted by Gasteiger charge is -2.32. The molecule has 0 aliphatic carbocycles. The SMILES string of the molecule is COC(=O)c1cccc2[nH]cc(C3CCN(CCNS(=O)(=O)c4cccc5cccnc45)CC3)c12. The normalized spacial score (nSPS) is 15.6. The third-order valence-corrected chi connectivity index (χ3v) is 8.27. The number of hydrogen-bond donors (Lipinski definition) is 2. The summed E-state index contributed by atoms with van der Waals surface area (Å²) < 4.78 is 33.6. The van der Waals surface area contributed by atoms with E-state index in [9.17, 15) is 13.2 Å². The van der Waals surface area contributed by atoms with E-state index in [1.807, 2.05) is 30.5 Å². The first-order chi connectivity index (χ1) is 17.0. The topological polar surface area (TPSA) is 104 Å². The maximum Gasteiger partial charge on any atom is 0.338 e. The molecular weight excluding hydrogens is 464 g/mol. The summed E-state index contributed by atoms with van der Waals surface area (Å²) in [5.41, 5.74) is 3.14. The van der Waals surface area contributed by atoms with Gasteiger partial charge in [-0.15, -0.1) is 0 Å². The summed E-state index contributed by atoms with van der Waals surface area (Å²) in [4.78, 5) is 22.3. The van der Waals surface area contributed by atoms with Gasteiger partial charge in [-0.25, -0.2) is 17.9 Å². The van der Waals surface area contributed by atoms with Crippen LogP contribution in [-0.2, 0) is 14.8 Å². The average molecular weight is 493 g/mol. The number of pyridine rings is 1. The Morgan fingerprint density at radius 3 is 2.71 bits per heavy atom. The van der Waals surface area contributed by atoms with Crippen molar-refractivity contribution in [3.05, 3.63) is 72.1 Å². The van der Waals surface area contributed by atoms with Crippen molar-refractivity contribution in [2.24, 2.45) is 0 Å². The third-order valence-electron chi connectivity index (χ3n) is 6.77. The predicted molar refractivity (Wildman–Crippen MR) is 135 cm³/mol. The summed E-state index contributed by atoms with van der Waals surface area (Å²) in [6, 6.07) is 14.5. The number of ether oxygens (including phenoxy) is 1. The van der Waals surface area contributed by atoms with Crippen LogP contribution in [0, 0.1) is 0 Å². The van der Waals surface area contributed by atoms with Crippen LogP contribution in [0.1, 0.15) is 34.7 Å². The fraction of sp³-hybridized carbons (Fsp3) is 0.308. The Balaban J connectivity index is 1.21. The average Bonchev–Trinajstić information content (AvgIpc) is 3.32. The van der Waals surface area contributed by atoms with Gasteiger partial charge >= 0.3 is 5.97 Å². The largest absolute Gasteiger partial charge is 0.465 e. The molecule has 0 bridgehead atoms. The van der Waals surface area contributed by atoms with Gasteiger partial charge in [-0.1, -0.05) is 24.3 Å². The molecule has 0 saturated carbocycles. The summed E-state index contributed by atoms with van der Waals surface area (Å²) in [6.45, 7) is 2.67. The second-order valence-corrected chi connectivity index (χ2v) is 10.5. The number of esters is 1. The molecule has 1 fully saturated rings. The first-order valence-corrected chi connectivity index (χ1v) is 13.2. The van der Waals surface area contributed by atoms with Gasteiger partial charge in [0.15, 0.2) is 0 Å². The number of aromatic nitrogens is 2. The molecule has 2 aromatic heterocycles. The highest BCUT2D eigenvalue weighted by molar-refractivity contribution is 7.89. The number of nitrogens with zero attached hydrogens (tertiary/aromatic N) is 2. The second-order valence-electron chi connectivity index (χ2n) is 8.81. The zero-order valence-corrected chi connectivity index (χ0v) is 20.3. The number of carbonyl (C=O) groups is 1. The molecule has 3 heterocycles. The molecular formula is C26H28N4O4S. The monoisotopic (exact) mass is 492 g/mol. The first kappa shape index (κ1) is 23.5. The number of rotatable bonds is 7. The van der Waals surface area contributed by atoms with Crippen LogP contribution in [0.3, 0.4) is 0 Å². The van der Waals surface area contributed by atoms with Gasteiger partial charge in [0, 0.05) is 41.8 Å². The number of hydrogen-bond acceptors (Lipinski definition) is 6. The van der Waals surface area contributed by atoms with Crippen molar-refractivity contribution in [1.29, 1.82) is 0 Å². The van der Waals surface area contributed by atoms with Crippen molar-refractivity contribution in [1.82, 2.24) is 19.6 Å². The van der Waals surface area contributed by atoms with E-state index in [1.165, 1.54) is 7.11 Å². The Morgan fingerprint density at radius 2 is 1.91 bits per heavy atom. The molecule has 2 aromatic carbocycles. The summed E-state index contributed by atoms with van der Waals surface area (Å²) in [6.07, 6.45) is 5.47. The zero-order valence-electron chi connectivity index (χ0n) is 19.5. The van der Waals surface area contributed by atoms with E-state index in [-0.39, 0.29) is 10.9 Å². The molecule has 0 atom stereocenters. The molecule has 0 unspecified atom stereocenters. The lowest BCUT2D eigenvalue weighted by Crippen LogP contribution is -2.39. The molecule has 0 radical (unpaired) electrons. The van der Waals surface area contributed by atoms with Gasteiger partial charge in [0.25, 0.3) is 0 Å². The van der Waals surface area contributed by atoms with E-state index >= 15 is 0 Å². The van der Waals surface area contributed by atoms with Gasteiger partial charge in [-0.05, 0) is 61.7 Å². The smallest absolute Gasteiger partial charge is 0.338 e. The van der Waals surface area contributed by atoms with Crippen molar-refractivity contribution in [3.8, 4) is 0 Å². The molecule has 9 heteroatoms. The predicted octanol–water partition coefficient (Wildman–Crippen LogP) is 3.66. The molecule has 8 nitrogen and oxygen atoms in total. The van der Waals surface area contributed by atoms with Crippen LogP contribution in [0.15, 0.2) is 65.8 Å².